The van der Waals surface area contributed by atoms with E-state index in [1.165, 1.54) is 58.3 Å². The van der Waals surface area contributed by atoms with Gasteiger partial charge < -0.3 is 10.1 Å². The van der Waals surface area contributed by atoms with Gasteiger partial charge in [0.25, 0.3) is 0 Å². The molecule has 2 aliphatic rings. The summed E-state index contributed by atoms with van der Waals surface area (Å²) in [6.45, 7) is 12.3. The molecule has 0 atom stereocenters. The third-order valence-electron chi connectivity index (χ3n) is 4.43. The van der Waals surface area contributed by atoms with Crippen molar-refractivity contribution in [2.24, 2.45) is 0 Å². The first kappa shape index (κ1) is 16.2. The average molecular weight is 283 g/mol. The van der Waals surface area contributed by atoms with Crippen LogP contribution in [-0.4, -0.2) is 67.9 Å². The Morgan fingerprint density at radius 3 is 1.95 bits per heavy atom. The van der Waals surface area contributed by atoms with Gasteiger partial charge in [0.05, 0.1) is 18.9 Å². The number of ether oxygens (including phenoxy) is 1. The molecule has 0 aromatic rings. The van der Waals surface area contributed by atoms with Gasteiger partial charge in [0.1, 0.15) is 0 Å². The molecule has 0 aromatic heterocycles. The van der Waals surface area contributed by atoms with Crippen LogP contribution in [0.1, 0.15) is 46.0 Å². The van der Waals surface area contributed by atoms with Crippen LogP contribution in [0.5, 0.6) is 0 Å². The van der Waals surface area contributed by atoms with Crippen LogP contribution in [-0.2, 0) is 4.74 Å². The van der Waals surface area contributed by atoms with E-state index in [-0.39, 0.29) is 0 Å². The molecule has 2 rings (SSSR count). The van der Waals surface area contributed by atoms with Crippen molar-refractivity contribution in [2.75, 3.05) is 45.9 Å². The molecule has 0 aliphatic carbocycles. The average Bonchev–Trinajstić information content (AvgIpc) is 3.10. The molecule has 118 valence electrons. The summed E-state index contributed by atoms with van der Waals surface area (Å²) >= 11 is 0. The van der Waals surface area contributed by atoms with Crippen molar-refractivity contribution in [3.63, 3.8) is 0 Å². The fraction of sp³-hybridized carbons (Fsp3) is 1.00. The molecule has 0 radical (unpaired) electrons. The molecule has 2 fully saturated rings. The van der Waals surface area contributed by atoms with Crippen LogP contribution in [0.4, 0.5) is 0 Å². The zero-order valence-corrected chi connectivity index (χ0v) is 13.4. The van der Waals surface area contributed by atoms with E-state index in [1.54, 1.807) is 0 Å². The van der Waals surface area contributed by atoms with E-state index in [4.69, 9.17) is 4.74 Å². The lowest BCUT2D eigenvalue weighted by Crippen LogP contribution is -2.47. The number of hydrogen-bond acceptors (Lipinski definition) is 4. The standard InChI is InChI=1S/C16H33N3O/c1-15(2)20-14-9-17-8-7-16(18-10-3-4-11-18)19-12-5-6-13-19/h15-17H,3-14H2,1-2H3. The smallest absolute Gasteiger partial charge is 0.0634 e. The lowest BCUT2D eigenvalue weighted by Gasteiger charge is -2.35. The van der Waals surface area contributed by atoms with Crippen LogP contribution < -0.4 is 5.32 Å². The minimum Gasteiger partial charge on any atom is -0.377 e. The van der Waals surface area contributed by atoms with Gasteiger partial charge >= 0.3 is 0 Å². The summed E-state index contributed by atoms with van der Waals surface area (Å²) in [4.78, 5) is 5.41. The first-order chi connectivity index (χ1) is 9.77. The van der Waals surface area contributed by atoms with E-state index in [1.807, 2.05) is 0 Å². The fourth-order valence-electron chi connectivity index (χ4n) is 3.40. The Labute approximate surface area is 124 Å². The lowest BCUT2D eigenvalue weighted by atomic mass is 10.2. The molecule has 0 spiro atoms. The van der Waals surface area contributed by atoms with Crippen molar-refractivity contribution >= 4 is 0 Å². The zero-order chi connectivity index (χ0) is 14.2. The Hall–Kier alpha value is -0.160. The lowest BCUT2D eigenvalue weighted by molar-refractivity contribution is 0.0671. The van der Waals surface area contributed by atoms with Crippen molar-refractivity contribution < 1.29 is 4.74 Å². The Kier molecular flexibility index (Phi) is 7.28. The fourth-order valence-corrected chi connectivity index (χ4v) is 3.40. The molecule has 4 heteroatoms. The van der Waals surface area contributed by atoms with Crippen molar-refractivity contribution in [1.82, 2.24) is 15.1 Å². The minimum absolute atomic E-state index is 0.346. The van der Waals surface area contributed by atoms with Crippen LogP contribution in [0.15, 0.2) is 0 Å². The molecule has 1 N–H and O–H groups in total. The molecule has 4 nitrogen and oxygen atoms in total. The van der Waals surface area contributed by atoms with E-state index in [0.717, 1.165) is 19.7 Å². The molecule has 2 aliphatic heterocycles. The summed E-state index contributed by atoms with van der Waals surface area (Å²) in [5.74, 6) is 0. The van der Waals surface area contributed by atoms with E-state index in [0.29, 0.717) is 12.3 Å². The van der Waals surface area contributed by atoms with Crippen molar-refractivity contribution in [3.05, 3.63) is 0 Å². The second kappa shape index (κ2) is 8.98. The zero-order valence-electron chi connectivity index (χ0n) is 13.4. The quantitative estimate of drug-likeness (QED) is 0.654. The summed E-state index contributed by atoms with van der Waals surface area (Å²) in [6.07, 6.45) is 7.83. The number of hydrogen-bond donors (Lipinski definition) is 1. The topological polar surface area (TPSA) is 27.7 Å². The summed E-state index contributed by atoms with van der Waals surface area (Å²) < 4.78 is 5.57. The van der Waals surface area contributed by atoms with Gasteiger partial charge in [0, 0.05) is 6.54 Å². The first-order valence-electron chi connectivity index (χ1n) is 8.58. The van der Waals surface area contributed by atoms with Crippen LogP contribution >= 0.6 is 0 Å². The van der Waals surface area contributed by atoms with Crippen molar-refractivity contribution in [1.29, 1.82) is 0 Å². The summed E-state index contributed by atoms with van der Waals surface area (Å²) in [5, 5.41) is 3.54. The maximum Gasteiger partial charge on any atom is 0.0634 e. The van der Waals surface area contributed by atoms with Crippen molar-refractivity contribution in [3.8, 4) is 0 Å². The van der Waals surface area contributed by atoms with Crippen molar-refractivity contribution in [2.45, 2.75) is 58.2 Å². The third-order valence-corrected chi connectivity index (χ3v) is 4.43. The van der Waals surface area contributed by atoms with Gasteiger partial charge in [-0.25, -0.2) is 0 Å². The Morgan fingerprint density at radius 1 is 0.900 bits per heavy atom. The Morgan fingerprint density at radius 2 is 1.45 bits per heavy atom. The molecule has 0 bridgehead atoms. The second-order valence-electron chi connectivity index (χ2n) is 6.42. The molecule has 0 saturated carbocycles. The van der Waals surface area contributed by atoms with Gasteiger partial charge in [0.2, 0.25) is 0 Å². The number of likely N-dealkylation sites (tertiary alicyclic amines) is 2. The van der Waals surface area contributed by atoms with Crippen LogP contribution in [0, 0.1) is 0 Å². The molecular formula is C16H33N3O. The highest BCUT2D eigenvalue weighted by molar-refractivity contribution is 4.80. The van der Waals surface area contributed by atoms with Gasteiger partial charge in [-0.2, -0.15) is 0 Å². The highest BCUT2D eigenvalue weighted by Gasteiger charge is 2.28. The molecular weight excluding hydrogens is 250 g/mol. The molecule has 2 heterocycles. The minimum atomic E-state index is 0.346. The number of nitrogens with one attached hydrogen (secondary N) is 1. The summed E-state index contributed by atoms with van der Waals surface area (Å²) in [5.41, 5.74) is 0. The second-order valence-corrected chi connectivity index (χ2v) is 6.42. The predicted molar refractivity (Wildman–Crippen MR) is 84.0 cm³/mol. The monoisotopic (exact) mass is 283 g/mol. The maximum absolute atomic E-state index is 5.57. The van der Waals surface area contributed by atoms with Gasteiger partial charge in [0.15, 0.2) is 0 Å². The molecule has 0 amide bonds. The number of nitrogens with zero attached hydrogens (tertiary/aromatic N) is 2. The maximum atomic E-state index is 5.57. The van der Waals surface area contributed by atoms with E-state index in [9.17, 15) is 0 Å². The van der Waals surface area contributed by atoms with E-state index >= 15 is 0 Å². The normalized spacial score (nSPS) is 21.6. The van der Waals surface area contributed by atoms with Crippen LogP contribution in [0.25, 0.3) is 0 Å². The van der Waals surface area contributed by atoms with Gasteiger partial charge in [-0.3, -0.25) is 9.80 Å². The summed E-state index contributed by atoms with van der Waals surface area (Å²) in [7, 11) is 0. The molecule has 2 saturated heterocycles. The van der Waals surface area contributed by atoms with Gasteiger partial charge in [-0.05, 0) is 78.7 Å². The van der Waals surface area contributed by atoms with Crippen LogP contribution in [0.2, 0.25) is 0 Å². The highest BCUT2D eigenvalue weighted by atomic mass is 16.5. The predicted octanol–water partition coefficient (Wildman–Crippen LogP) is 1.91. The third kappa shape index (κ3) is 5.32. The number of rotatable bonds is 9. The van der Waals surface area contributed by atoms with Gasteiger partial charge in [-0.1, -0.05) is 0 Å². The van der Waals surface area contributed by atoms with Crippen LogP contribution in [0.3, 0.4) is 0 Å². The Bertz CT molecular complexity index is 232. The largest absolute Gasteiger partial charge is 0.377 e. The molecule has 20 heavy (non-hydrogen) atoms. The molecule has 0 aromatic carbocycles. The first-order valence-corrected chi connectivity index (χ1v) is 8.58. The summed E-state index contributed by atoms with van der Waals surface area (Å²) in [6, 6.07) is 0. The molecule has 0 unspecified atom stereocenters. The van der Waals surface area contributed by atoms with E-state index < -0.39 is 0 Å². The van der Waals surface area contributed by atoms with Gasteiger partial charge in [-0.15, -0.1) is 0 Å². The Balaban J connectivity index is 1.65. The van der Waals surface area contributed by atoms with E-state index in [2.05, 4.69) is 29.0 Å². The SMILES string of the molecule is CC(C)OCCNCCC(N1CCCC1)N1CCCC1. The highest BCUT2D eigenvalue weighted by Crippen LogP contribution is 2.21.